The molecule has 0 bridgehead atoms. The van der Waals surface area contributed by atoms with Gasteiger partial charge in [0.2, 0.25) is 0 Å². The minimum atomic E-state index is -0.428. The number of hydrogen-bond acceptors (Lipinski definition) is 13. The summed E-state index contributed by atoms with van der Waals surface area (Å²) in [7, 11) is 1.34. The van der Waals surface area contributed by atoms with Gasteiger partial charge in [0, 0.05) is 12.8 Å². The van der Waals surface area contributed by atoms with Crippen LogP contribution in [-0.4, -0.2) is 100 Å². The summed E-state index contributed by atoms with van der Waals surface area (Å²) in [4.78, 5) is 69.0. The molecule has 3 saturated heterocycles. The fraction of sp³-hybridized carbons (Fsp3) is 0.860. The van der Waals surface area contributed by atoms with Crippen LogP contribution in [0.25, 0.3) is 0 Å². The Labute approximate surface area is 336 Å². The van der Waals surface area contributed by atoms with E-state index < -0.39 is 5.92 Å². The van der Waals surface area contributed by atoms with E-state index in [1.54, 1.807) is 20.8 Å². The van der Waals surface area contributed by atoms with Crippen molar-refractivity contribution < 1.29 is 61.9 Å². The standard InChI is InChI=1S/C15H26O5.2C14H24O4/c1-5-12-8-11(7-10(3)20-12)13(9-14(16)18-4)15(17)19-6-2;2*1-4-12-9-11(8-10(3)18-12)13(6-7-15)14(16)17-5-2/h10-13H,5-9H2,1-4H3;2*7,10-13H,4-6,8-9H2,1-3H3/t2*10-,11+,12-,13-;10-,11-,12-,13-/m111/s1. The van der Waals surface area contributed by atoms with Crippen LogP contribution in [0.4, 0.5) is 0 Å². The number of carbonyl (C=O) groups excluding carboxylic acids is 6. The fourth-order valence-corrected chi connectivity index (χ4v) is 8.30. The zero-order chi connectivity index (χ0) is 42.2. The van der Waals surface area contributed by atoms with E-state index in [-0.39, 0.29) is 109 Å². The third kappa shape index (κ3) is 18.1. The van der Waals surface area contributed by atoms with Crippen LogP contribution in [-0.2, 0) is 61.9 Å². The summed E-state index contributed by atoms with van der Waals surface area (Å²) in [5, 5.41) is 0. The molecule has 0 spiro atoms. The maximum atomic E-state index is 12.1. The van der Waals surface area contributed by atoms with E-state index in [1.165, 1.54) is 7.11 Å². The molecule has 0 amide bonds. The van der Waals surface area contributed by atoms with Crippen LogP contribution in [0.15, 0.2) is 0 Å². The lowest BCUT2D eigenvalue weighted by molar-refractivity contribution is -0.159. The van der Waals surface area contributed by atoms with E-state index >= 15 is 0 Å². The fourth-order valence-electron chi connectivity index (χ4n) is 8.30. The van der Waals surface area contributed by atoms with E-state index in [4.69, 9.17) is 33.2 Å². The third-order valence-corrected chi connectivity index (χ3v) is 11.0. The maximum absolute atomic E-state index is 12.1. The van der Waals surface area contributed by atoms with Gasteiger partial charge in [0.1, 0.15) is 12.6 Å². The van der Waals surface area contributed by atoms with Crippen molar-refractivity contribution in [2.24, 2.45) is 35.5 Å². The molecule has 0 saturated carbocycles. The second-order valence-electron chi connectivity index (χ2n) is 15.3. The first-order valence-electron chi connectivity index (χ1n) is 21.2. The molecular weight excluding hydrogens is 724 g/mol. The molecule has 0 aromatic carbocycles. The number of esters is 4. The summed E-state index contributed by atoms with van der Waals surface area (Å²) in [5.74, 6) is -1.67. The first kappa shape index (κ1) is 51.1. The normalized spacial score (nSPS) is 28.9. The van der Waals surface area contributed by atoms with Gasteiger partial charge in [-0.3, -0.25) is 19.2 Å². The molecule has 0 aliphatic carbocycles. The molecule has 3 aliphatic rings. The summed E-state index contributed by atoms with van der Waals surface area (Å²) in [6.45, 7) is 18.7. The Morgan fingerprint density at radius 1 is 0.536 bits per heavy atom. The van der Waals surface area contributed by atoms with Gasteiger partial charge < -0.3 is 42.7 Å². The SMILES string of the molecule is CCOC(=O)[C@H](CC(=O)OC)[C@@H]1C[C@@H](CC)O[C@H](C)C1.CCOC(=O)[C@H](CC=O)[C@@H]1C[C@@H](CC)O[C@H](C)C1.CCOC(=O)[C@H](CC=O)[C@H]1C[C@@H](CC)O[C@H](C)C1. The van der Waals surface area contributed by atoms with Crippen LogP contribution in [0.1, 0.15) is 139 Å². The molecule has 3 rings (SSSR count). The zero-order valence-corrected chi connectivity index (χ0v) is 36.0. The summed E-state index contributed by atoms with van der Waals surface area (Å²) in [6, 6.07) is 0. The Hall–Kier alpha value is -2.90. The molecule has 0 N–H and O–H groups in total. The van der Waals surface area contributed by atoms with Crippen molar-refractivity contribution in [3.05, 3.63) is 0 Å². The number of carbonyl (C=O) groups is 6. The summed E-state index contributed by atoms with van der Waals surface area (Å²) < 4.78 is 37.4. The predicted molar refractivity (Wildman–Crippen MR) is 210 cm³/mol. The molecule has 13 heteroatoms. The lowest BCUT2D eigenvalue weighted by Gasteiger charge is -2.36. The van der Waals surface area contributed by atoms with Crippen molar-refractivity contribution in [1.29, 1.82) is 0 Å². The molecule has 0 aromatic heterocycles. The minimum absolute atomic E-state index is 0.0865. The van der Waals surface area contributed by atoms with Crippen molar-refractivity contribution in [1.82, 2.24) is 0 Å². The van der Waals surface area contributed by atoms with Gasteiger partial charge in [-0.25, -0.2) is 0 Å². The van der Waals surface area contributed by atoms with Gasteiger partial charge in [0.25, 0.3) is 0 Å². The van der Waals surface area contributed by atoms with Crippen LogP contribution < -0.4 is 0 Å². The molecule has 3 heterocycles. The molecule has 3 fully saturated rings. The molecular formula is C43H74O13. The Kier molecular flexibility index (Phi) is 26.0. The Morgan fingerprint density at radius 2 is 0.839 bits per heavy atom. The highest BCUT2D eigenvalue weighted by atomic mass is 16.5. The predicted octanol–water partition coefficient (Wildman–Crippen LogP) is 7.02. The Morgan fingerprint density at radius 3 is 1.11 bits per heavy atom. The second-order valence-corrected chi connectivity index (χ2v) is 15.3. The number of hydrogen-bond donors (Lipinski definition) is 0. The molecule has 0 radical (unpaired) electrons. The van der Waals surface area contributed by atoms with Crippen molar-refractivity contribution >= 4 is 36.4 Å². The summed E-state index contributed by atoms with van der Waals surface area (Å²) in [6.07, 6.45) is 10.9. The van der Waals surface area contributed by atoms with Crippen LogP contribution >= 0.6 is 0 Å². The minimum Gasteiger partial charge on any atom is -0.469 e. The highest BCUT2D eigenvalue weighted by Crippen LogP contribution is 2.36. The van der Waals surface area contributed by atoms with Gasteiger partial charge in [-0.15, -0.1) is 0 Å². The number of rotatable bonds is 18. The lowest BCUT2D eigenvalue weighted by atomic mass is 9.79. The third-order valence-electron chi connectivity index (χ3n) is 11.0. The van der Waals surface area contributed by atoms with Gasteiger partial charge in [0.05, 0.1) is 87.7 Å². The van der Waals surface area contributed by atoms with E-state index in [9.17, 15) is 28.8 Å². The Bertz CT molecular complexity index is 1100. The van der Waals surface area contributed by atoms with Gasteiger partial charge in [-0.05, 0) is 117 Å². The van der Waals surface area contributed by atoms with Crippen LogP contribution in [0, 0.1) is 35.5 Å². The number of ether oxygens (including phenoxy) is 7. The molecule has 0 aromatic rings. The highest BCUT2D eigenvalue weighted by Gasteiger charge is 2.39. The molecule has 56 heavy (non-hydrogen) atoms. The first-order valence-corrected chi connectivity index (χ1v) is 21.2. The monoisotopic (exact) mass is 799 g/mol. The van der Waals surface area contributed by atoms with E-state index in [0.29, 0.717) is 19.8 Å². The molecule has 12 atom stereocenters. The topological polar surface area (TPSA) is 167 Å². The van der Waals surface area contributed by atoms with Gasteiger partial charge >= 0.3 is 23.9 Å². The highest BCUT2D eigenvalue weighted by molar-refractivity contribution is 5.80. The number of methoxy groups -OCH3 is 1. The van der Waals surface area contributed by atoms with Gasteiger partial charge in [-0.2, -0.15) is 0 Å². The van der Waals surface area contributed by atoms with Gasteiger partial charge in [-0.1, -0.05) is 20.8 Å². The van der Waals surface area contributed by atoms with Gasteiger partial charge in [0.15, 0.2) is 0 Å². The largest absolute Gasteiger partial charge is 0.469 e. The number of aldehydes is 2. The van der Waals surface area contributed by atoms with E-state index in [0.717, 1.165) is 70.4 Å². The molecule has 13 nitrogen and oxygen atoms in total. The summed E-state index contributed by atoms with van der Waals surface area (Å²) in [5.41, 5.74) is 0. The molecule has 324 valence electrons. The van der Waals surface area contributed by atoms with Crippen LogP contribution in [0.3, 0.4) is 0 Å². The van der Waals surface area contributed by atoms with Crippen molar-refractivity contribution in [3.8, 4) is 0 Å². The second kappa shape index (κ2) is 28.5. The summed E-state index contributed by atoms with van der Waals surface area (Å²) >= 11 is 0. The van der Waals surface area contributed by atoms with Crippen molar-refractivity contribution in [2.45, 2.75) is 176 Å². The van der Waals surface area contributed by atoms with E-state index in [1.807, 2.05) is 20.8 Å². The Balaban J connectivity index is 0.000000421. The maximum Gasteiger partial charge on any atom is 0.309 e. The average molecular weight is 799 g/mol. The van der Waals surface area contributed by atoms with Crippen LogP contribution in [0.2, 0.25) is 0 Å². The molecule has 3 aliphatic heterocycles. The average Bonchev–Trinajstić information content (AvgIpc) is 3.17. The quantitative estimate of drug-likeness (QED) is 0.0789. The lowest BCUT2D eigenvalue weighted by Crippen LogP contribution is -2.38. The van der Waals surface area contributed by atoms with E-state index in [2.05, 4.69) is 20.8 Å². The van der Waals surface area contributed by atoms with Crippen molar-refractivity contribution in [2.75, 3.05) is 26.9 Å². The zero-order valence-electron chi connectivity index (χ0n) is 36.0. The first-order chi connectivity index (χ1) is 26.7. The van der Waals surface area contributed by atoms with Crippen molar-refractivity contribution in [3.63, 3.8) is 0 Å². The van der Waals surface area contributed by atoms with Crippen LogP contribution in [0.5, 0.6) is 0 Å². The molecule has 0 unspecified atom stereocenters. The smallest absolute Gasteiger partial charge is 0.309 e.